The Balaban J connectivity index is 1.92. The minimum absolute atomic E-state index is 0.0781. The number of nitrogens with zero attached hydrogens (tertiary/aromatic N) is 3. The maximum absolute atomic E-state index is 13.1. The number of benzene rings is 1. The SMILES string of the molecule is CCCCn1c(SCC(=O)N2CCCCC2)nc2cc(C(=O)OC)ccc2c1=O. The standard InChI is InChI=1S/C21H27N3O4S/c1-3-4-12-24-19(26)16-9-8-15(20(27)28-2)13-17(16)22-21(24)29-14-18(25)23-10-6-5-7-11-23/h8-9,13H,3-7,10-12,14H2,1-2H3. The van der Waals surface area contributed by atoms with Gasteiger partial charge in [-0.25, -0.2) is 9.78 Å². The van der Waals surface area contributed by atoms with Crippen LogP contribution in [0.5, 0.6) is 0 Å². The van der Waals surface area contributed by atoms with Crippen molar-refractivity contribution < 1.29 is 14.3 Å². The van der Waals surface area contributed by atoms with Crippen molar-refractivity contribution in [1.29, 1.82) is 0 Å². The van der Waals surface area contributed by atoms with Crippen molar-refractivity contribution in [3.63, 3.8) is 0 Å². The van der Waals surface area contributed by atoms with Crippen LogP contribution in [0.25, 0.3) is 10.9 Å². The van der Waals surface area contributed by atoms with Crippen LogP contribution in [0.3, 0.4) is 0 Å². The van der Waals surface area contributed by atoms with Gasteiger partial charge in [-0.05, 0) is 43.9 Å². The highest BCUT2D eigenvalue weighted by molar-refractivity contribution is 7.99. The topological polar surface area (TPSA) is 81.5 Å². The number of fused-ring (bicyclic) bond motifs is 1. The van der Waals surface area contributed by atoms with Crippen LogP contribution in [0.4, 0.5) is 0 Å². The van der Waals surface area contributed by atoms with Crippen LogP contribution < -0.4 is 5.56 Å². The maximum Gasteiger partial charge on any atom is 0.337 e. The summed E-state index contributed by atoms with van der Waals surface area (Å²) in [5.74, 6) is -0.145. The number of ether oxygens (including phenoxy) is 1. The Morgan fingerprint density at radius 1 is 1.21 bits per heavy atom. The van der Waals surface area contributed by atoms with Gasteiger partial charge in [0.1, 0.15) is 0 Å². The summed E-state index contributed by atoms with van der Waals surface area (Å²) in [6, 6.07) is 4.77. The Labute approximate surface area is 174 Å². The molecule has 8 heteroatoms. The fourth-order valence-electron chi connectivity index (χ4n) is 3.43. The third-order valence-electron chi connectivity index (χ3n) is 5.11. The van der Waals surface area contributed by atoms with Crippen LogP contribution in [0.1, 0.15) is 49.4 Å². The normalized spacial score (nSPS) is 14.2. The maximum atomic E-state index is 13.1. The molecule has 0 aliphatic carbocycles. The Kier molecular flexibility index (Phi) is 7.30. The summed E-state index contributed by atoms with van der Waals surface area (Å²) in [5.41, 5.74) is 0.643. The number of rotatable bonds is 7. The smallest absolute Gasteiger partial charge is 0.337 e. The van der Waals surface area contributed by atoms with Gasteiger partial charge in [-0.1, -0.05) is 25.1 Å². The van der Waals surface area contributed by atoms with E-state index in [9.17, 15) is 14.4 Å². The lowest BCUT2D eigenvalue weighted by molar-refractivity contribution is -0.129. The second kappa shape index (κ2) is 9.91. The van der Waals surface area contributed by atoms with E-state index in [0.717, 1.165) is 38.8 Å². The Hall–Kier alpha value is -2.35. The van der Waals surface area contributed by atoms with Crippen LogP contribution in [-0.2, 0) is 16.1 Å². The molecule has 0 atom stereocenters. The summed E-state index contributed by atoms with van der Waals surface area (Å²) >= 11 is 1.29. The first-order valence-corrected chi connectivity index (χ1v) is 11.1. The fourth-order valence-corrected chi connectivity index (χ4v) is 4.36. The van der Waals surface area contributed by atoms with E-state index >= 15 is 0 Å². The molecule has 2 aromatic rings. The van der Waals surface area contributed by atoms with E-state index in [0.29, 0.717) is 28.2 Å². The molecule has 0 radical (unpaired) electrons. The molecule has 156 valence electrons. The molecule has 2 heterocycles. The summed E-state index contributed by atoms with van der Waals surface area (Å²) < 4.78 is 6.41. The first-order chi connectivity index (χ1) is 14.0. The third kappa shape index (κ3) is 4.98. The Morgan fingerprint density at radius 3 is 2.66 bits per heavy atom. The molecule has 1 amide bonds. The highest BCUT2D eigenvalue weighted by atomic mass is 32.2. The molecule has 0 saturated carbocycles. The largest absolute Gasteiger partial charge is 0.465 e. The molecule has 0 bridgehead atoms. The molecule has 1 fully saturated rings. The first-order valence-electron chi connectivity index (χ1n) is 10.1. The summed E-state index contributed by atoms with van der Waals surface area (Å²) in [4.78, 5) is 44.0. The molecule has 1 saturated heterocycles. The van der Waals surface area contributed by atoms with E-state index in [-0.39, 0.29) is 17.2 Å². The summed E-state index contributed by atoms with van der Waals surface area (Å²) in [7, 11) is 1.32. The van der Waals surface area contributed by atoms with Gasteiger partial charge in [0.2, 0.25) is 5.91 Å². The Morgan fingerprint density at radius 2 is 1.97 bits per heavy atom. The molecule has 0 unspecified atom stereocenters. The number of aromatic nitrogens is 2. The van der Waals surface area contributed by atoms with Crippen molar-refractivity contribution in [3.05, 3.63) is 34.1 Å². The van der Waals surface area contributed by atoms with Crippen LogP contribution >= 0.6 is 11.8 Å². The van der Waals surface area contributed by atoms with Gasteiger partial charge in [0.05, 0.1) is 29.3 Å². The van der Waals surface area contributed by atoms with Gasteiger partial charge in [-0.15, -0.1) is 0 Å². The van der Waals surface area contributed by atoms with E-state index < -0.39 is 5.97 Å². The van der Waals surface area contributed by atoms with E-state index in [1.54, 1.807) is 22.8 Å². The zero-order chi connectivity index (χ0) is 20.8. The average molecular weight is 418 g/mol. The molecule has 0 spiro atoms. The van der Waals surface area contributed by atoms with Crippen LogP contribution in [0.15, 0.2) is 28.2 Å². The van der Waals surface area contributed by atoms with Gasteiger partial charge in [0, 0.05) is 19.6 Å². The summed E-state index contributed by atoms with van der Waals surface area (Å²) in [6.45, 7) is 4.22. The van der Waals surface area contributed by atoms with Crippen LogP contribution in [0.2, 0.25) is 0 Å². The number of carbonyl (C=O) groups is 2. The molecule has 1 aromatic carbocycles. The first kappa shape index (κ1) is 21.4. The van der Waals surface area contributed by atoms with Crippen molar-refractivity contribution in [2.45, 2.75) is 50.7 Å². The van der Waals surface area contributed by atoms with E-state index in [2.05, 4.69) is 11.9 Å². The lowest BCUT2D eigenvalue weighted by atomic mass is 10.1. The quantitative estimate of drug-likeness (QED) is 0.391. The zero-order valence-corrected chi connectivity index (χ0v) is 17.8. The molecular weight excluding hydrogens is 390 g/mol. The zero-order valence-electron chi connectivity index (χ0n) is 17.0. The van der Waals surface area contributed by atoms with E-state index in [1.165, 1.54) is 25.3 Å². The summed E-state index contributed by atoms with van der Waals surface area (Å²) in [6.07, 6.45) is 5.05. The van der Waals surface area contributed by atoms with Crippen molar-refractivity contribution in [2.24, 2.45) is 0 Å². The number of carbonyl (C=O) groups excluding carboxylic acids is 2. The van der Waals surface area contributed by atoms with E-state index in [1.807, 2.05) is 4.90 Å². The number of hydrogen-bond acceptors (Lipinski definition) is 6. The van der Waals surface area contributed by atoms with Crippen molar-refractivity contribution in [1.82, 2.24) is 14.5 Å². The minimum atomic E-state index is -0.474. The molecule has 29 heavy (non-hydrogen) atoms. The number of methoxy groups -OCH3 is 1. The lowest BCUT2D eigenvalue weighted by Gasteiger charge is -2.26. The lowest BCUT2D eigenvalue weighted by Crippen LogP contribution is -2.37. The molecule has 3 rings (SSSR count). The molecule has 1 aromatic heterocycles. The van der Waals surface area contributed by atoms with Gasteiger partial charge in [-0.2, -0.15) is 0 Å². The molecule has 1 aliphatic heterocycles. The van der Waals surface area contributed by atoms with E-state index in [4.69, 9.17) is 4.74 Å². The Bertz CT molecular complexity index is 951. The number of unbranched alkanes of at least 4 members (excludes halogenated alkanes) is 1. The van der Waals surface area contributed by atoms with Gasteiger partial charge >= 0.3 is 5.97 Å². The molecule has 0 N–H and O–H groups in total. The number of esters is 1. The summed E-state index contributed by atoms with van der Waals surface area (Å²) in [5, 5.41) is 0.976. The number of thioether (sulfide) groups is 1. The fraction of sp³-hybridized carbons (Fsp3) is 0.524. The monoisotopic (exact) mass is 417 g/mol. The van der Waals surface area contributed by atoms with Crippen LogP contribution in [-0.4, -0.2) is 52.3 Å². The second-order valence-electron chi connectivity index (χ2n) is 7.16. The number of likely N-dealkylation sites (tertiary alicyclic amines) is 1. The number of hydrogen-bond donors (Lipinski definition) is 0. The predicted molar refractivity (Wildman–Crippen MR) is 113 cm³/mol. The molecule has 1 aliphatic rings. The van der Waals surface area contributed by atoms with Gasteiger partial charge in [0.15, 0.2) is 5.16 Å². The minimum Gasteiger partial charge on any atom is -0.465 e. The van der Waals surface area contributed by atoms with Gasteiger partial charge < -0.3 is 9.64 Å². The van der Waals surface area contributed by atoms with Crippen LogP contribution in [0, 0.1) is 0 Å². The molecule has 7 nitrogen and oxygen atoms in total. The van der Waals surface area contributed by atoms with Crippen molar-refractivity contribution in [2.75, 3.05) is 26.0 Å². The predicted octanol–water partition coefficient (Wildman–Crippen LogP) is 3.09. The second-order valence-corrected chi connectivity index (χ2v) is 8.10. The van der Waals surface area contributed by atoms with Crippen molar-refractivity contribution in [3.8, 4) is 0 Å². The highest BCUT2D eigenvalue weighted by Crippen LogP contribution is 2.21. The van der Waals surface area contributed by atoms with Gasteiger partial charge in [0.25, 0.3) is 5.56 Å². The number of amides is 1. The van der Waals surface area contributed by atoms with Crippen molar-refractivity contribution >= 4 is 34.5 Å². The highest BCUT2D eigenvalue weighted by Gasteiger charge is 2.19. The number of piperidine rings is 1. The molecular formula is C21H27N3O4S. The third-order valence-corrected chi connectivity index (χ3v) is 6.07. The van der Waals surface area contributed by atoms with Gasteiger partial charge in [-0.3, -0.25) is 14.2 Å². The average Bonchev–Trinajstić information content (AvgIpc) is 2.76.